The standard InChI is InChI=1S/C24H31ClN6O2/c1-24(2,33)8-9-31-20-11-17(6-7-19(20)29(3)23(31)32)27-21-18(25)12-26-22(28-21)30-13-15-4-5-16(10-15)14-30/h6-7,11-12,15-16,33H,4-5,8-10,13-14H2,1-3H3,(H,26,27,28)/t15-,16+. The van der Waals surface area contributed by atoms with Crippen molar-refractivity contribution in [2.75, 3.05) is 23.3 Å². The molecule has 1 aliphatic heterocycles. The Bertz CT molecular complexity index is 1230. The second kappa shape index (κ2) is 8.33. The predicted octanol–water partition coefficient (Wildman–Crippen LogP) is 3.92. The molecule has 2 atom stereocenters. The van der Waals surface area contributed by atoms with Gasteiger partial charge >= 0.3 is 5.69 Å². The van der Waals surface area contributed by atoms with Gasteiger partial charge in [-0.05, 0) is 69.6 Å². The molecule has 176 valence electrons. The summed E-state index contributed by atoms with van der Waals surface area (Å²) in [5.74, 6) is 2.74. The molecule has 9 heteroatoms. The molecule has 0 unspecified atom stereocenters. The van der Waals surface area contributed by atoms with E-state index in [0.717, 1.165) is 41.6 Å². The van der Waals surface area contributed by atoms with Crippen molar-refractivity contribution in [1.29, 1.82) is 0 Å². The number of aryl methyl sites for hydroxylation is 2. The fourth-order valence-electron chi connectivity index (χ4n) is 5.20. The quantitative estimate of drug-likeness (QED) is 0.567. The summed E-state index contributed by atoms with van der Waals surface area (Å²) < 4.78 is 3.33. The number of aliphatic hydroxyl groups is 1. The van der Waals surface area contributed by atoms with E-state index in [1.54, 1.807) is 36.2 Å². The van der Waals surface area contributed by atoms with Crippen LogP contribution < -0.4 is 15.9 Å². The number of aromatic nitrogens is 4. The van der Waals surface area contributed by atoms with E-state index in [9.17, 15) is 9.90 Å². The van der Waals surface area contributed by atoms with Crippen LogP contribution >= 0.6 is 11.6 Å². The number of halogens is 1. The van der Waals surface area contributed by atoms with Crippen molar-refractivity contribution in [3.8, 4) is 0 Å². The Kier molecular flexibility index (Phi) is 5.61. The molecule has 1 saturated heterocycles. The van der Waals surface area contributed by atoms with Gasteiger partial charge in [0.05, 0.1) is 22.8 Å². The summed E-state index contributed by atoms with van der Waals surface area (Å²) in [7, 11) is 1.76. The summed E-state index contributed by atoms with van der Waals surface area (Å²) in [6.45, 7) is 5.93. The topological polar surface area (TPSA) is 88.2 Å². The van der Waals surface area contributed by atoms with E-state index in [2.05, 4.69) is 15.2 Å². The zero-order valence-corrected chi connectivity index (χ0v) is 20.1. The van der Waals surface area contributed by atoms with Gasteiger partial charge in [-0.15, -0.1) is 0 Å². The number of imidazole rings is 1. The third-order valence-corrected chi connectivity index (χ3v) is 7.25. The van der Waals surface area contributed by atoms with Crippen LogP contribution in [0.5, 0.6) is 0 Å². The fourth-order valence-corrected chi connectivity index (χ4v) is 5.33. The van der Waals surface area contributed by atoms with Crippen LogP contribution in [0.3, 0.4) is 0 Å². The fraction of sp³-hybridized carbons (Fsp3) is 0.542. The average Bonchev–Trinajstić information content (AvgIpc) is 3.22. The molecule has 5 rings (SSSR count). The highest BCUT2D eigenvalue weighted by molar-refractivity contribution is 6.32. The van der Waals surface area contributed by atoms with Crippen LogP contribution in [0.1, 0.15) is 39.5 Å². The zero-order chi connectivity index (χ0) is 23.3. The van der Waals surface area contributed by atoms with Crippen molar-refractivity contribution in [3.05, 3.63) is 39.9 Å². The molecule has 3 aromatic rings. The number of fused-ring (bicyclic) bond motifs is 3. The lowest BCUT2D eigenvalue weighted by atomic mass is 9.99. The maximum atomic E-state index is 12.8. The van der Waals surface area contributed by atoms with Gasteiger partial charge in [0.2, 0.25) is 5.95 Å². The predicted molar refractivity (Wildman–Crippen MR) is 131 cm³/mol. The number of hydrogen-bond acceptors (Lipinski definition) is 6. The number of hydrogen-bond donors (Lipinski definition) is 2. The van der Waals surface area contributed by atoms with Crippen LogP contribution in [-0.2, 0) is 13.6 Å². The van der Waals surface area contributed by atoms with Gasteiger partial charge in [0, 0.05) is 32.4 Å². The number of anilines is 3. The van der Waals surface area contributed by atoms with E-state index >= 15 is 0 Å². The highest BCUT2D eigenvalue weighted by Crippen LogP contribution is 2.38. The first-order valence-electron chi connectivity index (χ1n) is 11.6. The van der Waals surface area contributed by atoms with E-state index in [4.69, 9.17) is 16.6 Å². The lowest BCUT2D eigenvalue weighted by molar-refractivity contribution is 0.0662. The lowest BCUT2D eigenvalue weighted by Gasteiger charge is -2.32. The third kappa shape index (κ3) is 4.46. The van der Waals surface area contributed by atoms with Crippen LogP contribution in [0.2, 0.25) is 5.02 Å². The molecule has 1 aliphatic carbocycles. The van der Waals surface area contributed by atoms with Gasteiger partial charge in [-0.2, -0.15) is 4.98 Å². The Hall–Kier alpha value is -2.58. The van der Waals surface area contributed by atoms with Gasteiger partial charge in [0.1, 0.15) is 5.02 Å². The van der Waals surface area contributed by atoms with Gasteiger partial charge < -0.3 is 15.3 Å². The first-order chi connectivity index (χ1) is 15.7. The van der Waals surface area contributed by atoms with Crippen molar-refractivity contribution in [2.45, 2.75) is 51.7 Å². The van der Waals surface area contributed by atoms with Crippen LogP contribution in [0.25, 0.3) is 11.0 Å². The molecule has 2 N–H and O–H groups in total. The van der Waals surface area contributed by atoms with Crippen molar-refractivity contribution in [3.63, 3.8) is 0 Å². The zero-order valence-electron chi connectivity index (χ0n) is 19.4. The summed E-state index contributed by atoms with van der Waals surface area (Å²) in [4.78, 5) is 24.3. The SMILES string of the molecule is Cn1c(=O)n(CCC(C)(C)O)c2cc(Nc3nc(N4C[C@@H]5CC[C@@H](C5)C4)ncc3Cl)ccc21. The molecule has 0 radical (unpaired) electrons. The molecular weight excluding hydrogens is 440 g/mol. The summed E-state index contributed by atoms with van der Waals surface area (Å²) in [6.07, 6.45) is 6.05. The first-order valence-corrected chi connectivity index (χ1v) is 12.0. The van der Waals surface area contributed by atoms with E-state index in [-0.39, 0.29) is 5.69 Å². The summed E-state index contributed by atoms with van der Waals surface area (Å²) in [6, 6.07) is 5.76. The van der Waals surface area contributed by atoms with Gasteiger partial charge in [-0.1, -0.05) is 11.6 Å². The monoisotopic (exact) mass is 470 g/mol. The molecule has 0 spiro atoms. The summed E-state index contributed by atoms with van der Waals surface area (Å²) in [5, 5.41) is 13.9. The molecule has 2 aliphatic rings. The normalized spacial score (nSPS) is 20.6. The minimum absolute atomic E-state index is 0.103. The smallest absolute Gasteiger partial charge is 0.328 e. The van der Waals surface area contributed by atoms with E-state index in [0.29, 0.717) is 29.8 Å². The lowest BCUT2D eigenvalue weighted by Crippen LogP contribution is -2.37. The Morgan fingerprint density at radius 1 is 1.21 bits per heavy atom. The van der Waals surface area contributed by atoms with Crippen LogP contribution in [0, 0.1) is 11.8 Å². The summed E-state index contributed by atoms with van der Waals surface area (Å²) >= 11 is 6.44. The average molecular weight is 471 g/mol. The van der Waals surface area contributed by atoms with E-state index in [1.165, 1.54) is 19.3 Å². The maximum absolute atomic E-state index is 12.8. The largest absolute Gasteiger partial charge is 0.390 e. The molecule has 1 saturated carbocycles. The van der Waals surface area contributed by atoms with Crippen LogP contribution in [-0.4, -0.2) is 42.9 Å². The Labute approximate surface area is 198 Å². The Morgan fingerprint density at radius 3 is 2.64 bits per heavy atom. The number of rotatable bonds is 6. The molecule has 1 aromatic carbocycles. The molecule has 2 aromatic heterocycles. The van der Waals surface area contributed by atoms with Crippen LogP contribution in [0.4, 0.5) is 17.5 Å². The molecule has 8 nitrogen and oxygen atoms in total. The maximum Gasteiger partial charge on any atom is 0.328 e. The molecule has 2 bridgehead atoms. The minimum Gasteiger partial charge on any atom is -0.390 e. The second-order valence-electron chi connectivity index (χ2n) is 10.2. The molecule has 0 amide bonds. The number of nitrogens with zero attached hydrogens (tertiary/aromatic N) is 5. The number of nitrogens with one attached hydrogen (secondary N) is 1. The van der Waals surface area contributed by atoms with Crippen molar-refractivity contribution in [1.82, 2.24) is 19.1 Å². The molecule has 3 heterocycles. The second-order valence-corrected chi connectivity index (χ2v) is 10.6. The first kappa shape index (κ1) is 22.2. The van der Waals surface area contributed by atoms with Gasteiger partial charge in [0.25, 0.3) is 0 Å². The van der Waals surface area contributed by atoms with Crippen molar-refractivity contribution in [2.24, 2.45) is 18.9 Å². The molecule has 33 heavy (non-hydrogen) atoms. The molecule has 2 fully saturated rings. The van der Waals surface area contributed by atoms with Crippen molar-refractivity contribution >= 4 is 40.1 Å². The molecular formula is C24H31ClN6O2. The van der Waals surface area contributed by atoms with Gasteiger partial charge in [0.15, 0.2) is 5.82 Å². The Balaban J connectivity index is 1.43. The van der Waals surface area contributed by atoms with Crippen LogP contribution in [0.15, 0.2) is 29.2 Å². The van der Waals surface area contributed by atoms with Gasteiger partial charge in [-0.3, -0.25) is 9.13 Å². The van der Waals surface area contributed by atoms with E-state index in [1.807, 2.05) is 18.2 Å². The third-order valence-electron chi connectivity index (χ3n) is 6.98. The number of benzene rings is 1. The summed E-state index contributed by atoms with van der Waals surface area (Å²) in [5.41, 5.74) is 1.47. The highest BCUT2D eigenvalue weighted by atomic mass is 35.5. The highest BCUT2D eigenvalue weighted by Gasteiger charge is 2.34. The Morgan fingerprint density at radius 2 is 1.94 bits per heavy atom. The van der Waals surface area contributed by atoms with E-state index < -0.39 is 5.60 Å². The number of piperidine rings is 1. The van der Waals surface area contributed by atoms with Crippen molar-refractivity contribution < 1.29 is 5.11 Å². The van der Waals surface area contributed by atoms with Gasteiger partial charge in [-0.25, -0.2) is 9.78 Å². The minimum atomic E-state index is -0.851.